The van der Waals surface area contributed by atoms with E-state index >= 15 is 0 Å². The van der Waals surface area contributed by atoms with Crippen molar-refractivity contribution in [3.05, 3.63) is 62.3 Å². The molecule has 0 radical (unpaired) electrons. The fourth-order valence-corrected chi connectivity index (χ4v) is 4.94. The van der Waals surface area contributed by atoms with Crippen LogP contribution in [0.5, 0.6) is 0 Å². The molecule has 8 heteroatoms. The molecule has 3 heterocycles. The summed E-state index contributed by atoms with van der Waals surface area (Å²) in [6.45, 7) is 7.99. The zero-order valence-corrected chi connectivity index (χ0v) is 17.2. The number of thioether (sulfide) groups is 1. The summed E-state index contributed by atoms with van der Waals surface area (Å²) in [5.41, 5.74) is 3.15. The van der Waals surface area contributed by atoms with Gasteiger partial charge in [0, 0.05) is 4.88 Å². The Balaban J connectivity index is 1.67. The van der Waals surface area contributed by atoms with Crippen molar-refractivity contribution in [1.29, 1.82) is 0 Å². The molecule has 0 aliphatic rings. The van der Waals surface area contributed by atoms with Crippen molar-refractivity contribution in [1.82, 2.24) is 24.7 Å². The molecule has 0 fully saturated rings. The minimum absolute atomic E-state index is 0.0750. The van der Waals surface area contributed by atoms with E-state index in [0.29, 0.717) is 17.0 Å². The van der Waals surface area contributed by atoms with Gasteiger partial charge in [0.15, 0.2) is 5.16 Å². The molecule has 6 nitrogen and oxygen atoms in total. The normalized spacial score (nSPS) is 11.4. The Kier molecular flexibility index (Phi) is 4.61. The maximum atomic E-state index is 12.5. The Hall–Kier alpha value is -2.45. The third kappa shape index (κ3) is 3.19. The van der Waals surface area contributed by atoms with Gasteiger partial charge in [0.2, 0.25) is 0 Å². The average Bonchev–Trinajstić information content (AvgIpc) is 3.13. The van der Waals surface area contributed by atoms with Gasteiger partial charge in [-0.25, -0.2) is 4.98 Å². The van der Waals surface area contributed by atoms with Crippen LogP contribution in [0.25, 0.3) is 15.9 Å². The molecule has 0 saturated carbocycles. The van der Waals surface area contributed by atoms with E-state index in [4.69, 9.17) is 0 Å². The molecular formula is C19H19N5OS2. The van der Waals surface area contributed by atoms with Gasteiger partial charge < -0.3 is 4.98 Å². The molecule has 0 saturated heterocycles. The van der Waals surface area contributed by atoms with Crippen molar-refractivity contribution < 1.29 is 0 Å². The van der Waals surface area contributed by atoms with E-state index in [1.54, 1.807) is 11.3 Å². The van der Waals surface area contributed by atoms with Crippen molar-refractivity contribution in [3.8, 4) is 5.69 Å². The Morgan fingerprint density at radius 1 is 1.15 bits per heavy atom. The lowest BCUT2D eigenvalue weighted by Gasteiger charge is -2.10. The van der Waals surface area contributed by atoms with Gasteiger partial charge in [0.25, 0.3) is 5.56 Å². The third-order valence-corrected chi connectivity index (χ3v) is 6.62. The standard InChI is InChI=1S/C19H19N5OS2/c1-10-7-5-6-8-14(10)24-13(4)22-23-19(24)26-9-15-20-17(25)16-11(2)12(3)27-18(16)21-15/h5-8H,9H2,1-4H3,(H,20,21,25). The van der Waals surface area contributed by atoms with Gasteiger partial charge in [-0.2, -0.15) is 0 Å². The highest BCUT2D eigenvalue weighted by Crippen LogP contribution is 2.28. The number of benzene rings is 1. The number of hydrogen-bond donors (Lipinski definition) is 1. The zero-order valence-electron chi connectivity index (χ0n) is 15.5. The number of H-pyrrole nitrogens is 1. The highest BCUT2D eigenvalue weighted by molar-refractivity contribution is 7.98. The molecule has 1 N–H and O–H groups in total. The number of aryl methyl sites for hydroxylation is 4. The summed E-state index contributed by atoms with van der Waals surface area (Å²) < 4.78 is 2.04. The van der Waals surface area contributed by atoms with Crippen molar-refractivity contribution in [2.24, 2.45) is 0 Å². The van der Waals surface area contributed by atoms with E-state index in [2.05, 4.69) is 39.2 Å². The summed E-state index contributed by atoms with van der Waals surface area (Å²) in [4.78, 5) is 21.9. The van der Waals surface area contributed by atoms with Crippen LogP contribution in [0.15, 0.2) is 34.2 Å². The van der Waals surface area contributed by atoms with E-state index < -0.39 is 0 Å². The second-order valence-electron chi connectivity index (χ2n) is 6.42. The van der Waals surface area contributed by atoms with E-state index in [0.717, 1.165) is 37.5 Å². The largest absolute Gasteiger partial charge is 0.309 e. The number of nitrogens with zero attached hydrogens (tertiary/aromatic N) is 4. The molecule has 27 heavy (non-hydrogen) atoms. The molecule has 138 valence electrons. The van der Waals surface area contributed by atoms with Crippen LogP contribution in [0.4, 0.5) is 0 Å². The summed E-state index contributed by atoms with van der Waals surface area (Å²) >= 11 is 3.08. The van der Waals surface area contributed by atoms with Crippen molar-refractivity contribution in [2.75, 3.05) is 0 Å². The first-order chi connectivity index (χ1) is 13.0. The molecule has 0 unspecified atom stereocenters. The predicted molar refractivity (Wildman–Crippen MR) is 110 cm³/mol. The minimum atomic E-state index is -0.0750. The number of aromatic amines is 1. The van der Waals surface area contributed by atoms with Gasteiger partial charge in [0.05, 0.1) is 16.8 Å². The van der Waals surface area contributed by atoms with E-state index in [-0.39, 0.29) is 5.56 Å². The van der Waals surface area contributed by atoms with Gasteiger partial charge in [0.1, 0.15) is 16.5 Å². The summed E-state index contributed by atoms with van der Waals surface area (Å²) in [7, 11) is 0. The lowest BCUT2D eigenvalue weighted by Crippen LogP contribution is -2.11. The van der Waals surface area contributed by atoms with Crippen LogP contribution in [-0.4, -0.2) is 24.7 Å². The molecule has 0 spiro atoms. The predicted octanol–water partition coefficient (Wildman–Crippen LogP) is 4.09. The van der Waals surface area contributed by atoms with Gasteiger partial charge in [-0.1, -0.05) is 30.0 Å². The molecule has 1 aromatic carbocycles. The number of para-hydroxylation sites is 1. The lowest BCUT2D eigenvalue weighted by molar-refractivity contribution is 0.860. The van der Waals surface area contributed by atoms with Crippen LogP contribution in [0, 0.1) is 27.7 Å². The number of nitrogens with one attached hydrogen (secondary N) is 1. The first kappa shape index (κ1) is 17.9. The minimum Gasteiger partial charge on any atom is -0.309 e. The Morgan fingerprint density at radius 3 is 2.70 bits per heavy atom. The van der Waals surface area contributed by atoms with Crippen LogP contribution < -0.4 is 5.56 Å². The highest BCUT2D eigenvalue weighted by Gasteiger charge is 2.15. The van der Waals surface area contributed by atoms with Gasteiger partial charge in [-0.15, -0.1) is 21.5 Å². The van der Waals surface area contributed by atoms with Crippen LogP contribution in [0.1, 0.15) is 27.7 Å². The SMILES string of the molecule is Cc1ccccc1-n1c(C)nnc1SCc1nc2sc(C)c(C)c2c(=O)[nH]1. The Bertz CT molecular complexity index is 1200. The second-order valence-corrected chi connectivity index (χ2v) is 8.56. The summed E-state index contributed by atoms with van der Waals surface area (Å²) in [6, 6.07) is 8.14. The molecule has 0 amide bonds. The van der Waals surface area contributed by atoms with E-state index in [1.165, 1.54) is 11.8 Å². The van der Waals surface area contributed by atoms with Crippen LogP contribution >= 0.6 is 23.1 Å². The molecular weight excluding hydrogens is 378 g/mol. The number of rotatable bonds is 4. The number of fused-ring (bicyclic) bond motifs is 1. The van der Waals surface area contributed by atoms with Crippen molar-refractivity contribution >= 4 is 33.3 Å². The number of thiophene rings is 1. The third-order valence-electron chi connectivity index (χ3n) is 4.58. The fraction of sp³-hybridized carbons (Fsp3) is 0.263. The lowest BCUT2D eigenvalue weighted by atomic mass is 10.2. The molecule has 0 bridgehead atoms. The maximum Gasteiger partial charge on any atom is 0.259 e. The molecule has 0 atom stereocenters. The van der Waals surface area contributed by atoms with Gasteiger partial charge in [-0.05, 0) is 44.9 Å². The van der Waals surface area contributed by atoms with Crippen molar-refractivity contribution in [2.45, 2.75) is 38.6 Å². The van der Waals surface area contributed by atoms with Gasteiger partial charge >= 0.3 is 0 Å². The molecule has 0 aliphatic heterocycles. The fourth-order valence-electron chi connectivity index (χ4n) is 3.03. The average molecular weight is 398 g/mol. The van der Waals surface area contributed by atoms with E-state index in [1.807, 2.05) is 37.5 Å². The number of aromatic nitrogens is 5. The summed E-state index contributed by atoms with van der Waals surface area (Å²) in [6.07, 6.45) is 0. The van der Waals surface area contributed by atoms with Crippen LogP contribution in [0.3, 0.4) is 0 Å². The topological polar surface area (TPSA) is 76.5 Å². The first-order valence-electron chi connectivity index (χ1n) is 8.55. The maximum absolute atomic E-state index is 12.5. The van der Waals surface area contributed by atoms with Crippen LogP contribution in [0.2, 0.25) is 0 Å². The van der Waals surface area contributed by atoms with Crippen molar-refractivity contribution in [3.63, 3.8) is 0 Å². The first-order valence-corrected chi connectivity index (χ1v) is 10.4. The molecule has 4 aromatic rings. The molecule has 3 aromatic heterocycles. The highest BCUT2D eigenvalue weighted by atomic mass is 32.2. The summed E-state index contributed by atoms with van der Waals surface area (Å²) in [5, 5.41) is 10.0. The molecule has 4 rings (SSSR count). The second kappa shape index (κ2) is 6.94. The monoisotopic (exact) mass is 397 g/mol. The Morgan fingerprint density at radius 2 is 1.93 bits per heavy atom. The van der Waals surface area contributed by atoms with Crippen LogP contribution in [-0.2, 0) is 5.75 Å². The molecule has 0 aliphatic carbocycles. The van der Waals surface area contributed by atoms with Gasteiger partial charge in [-0.3, -0.25) is 9.36 Å². The smallest absolute Gasteiger partial charge is 0.259 e. The number of hydrogen-bond acceptors (Lipinski definition) is 6. The van der Waals surface area contributed by atoms with E-state index in [9.17, 15) is 4.79 Å². The zero-order chi connectivity index (χ0) is 19.1. The Labute approximate surface area is 164 Å². The quantitative estimate of drug-likeness (QED) is 0.525. The summed E-state index contributed by atoms with van der Waals surface area (Å²) in [5.74, 6) is 1.99.